The average molecular weight is 230 g/mol. The van der Waals surface area contributed by atoms with E-state index in [4.69, 9.17) is 9.84 Å². The fourth-order valence-electron chi connectivity index (χ4n) is 1.02. The zero-order valence-corrected chi connectivity index (χ0v) is 9.30. The fraction of sp³-hybridized carbons (Fsp3) is 0.455. The van der Waals surface area contributed by atoms with Crippen LogP contribution in [0.4, 0.5) is 4.39 Å². The molecule has 4 heteroatoms. The second-order valence-electron chi connectivity index (χ2n) is 2.99. The van der Waals surface area contributed by atoms with Gasteiger partial charge in [-0.3, -0.25) is 0 Å². The first-order chi connectivity index (χ1) is 7.33. The molecular formula is C11H15FO2S. The van der Waals surface area contributed by atoms with Gasteiger partial charge in [0.25, 0.3) is 0 Å². The molecule has 15 heavy (non-hydrogen) atoms. The Hall–Kier alpha value is -0.740. The third-order valence-corrected chi connectivity index (χ3v) is 2.79. The van der Waals surface area contributed by atoms with E-state index in [0.29, 0.717) is 12.4 Å². The summed E-state index contributed by atoms with van der Waals surface area (Å²) in [6, 6.07) is 6.00. The van der Waals surface area contributed by atoms with Crippen LogP contribution in [0.5, 0.6) is 5.75 Å². The number of aliphatic hydroxyl groups excluding tert-OH is 1. The molecule has 1 aromatic rings. The van der Waals surface area contributed by atoms with Gasteiger partial charge in [-0.2, -0.15) is 11.8 Å². The van der Waals surface area contributed by atoms with Crippen molar-refractivity contribution >= 4 is 11.8 Å². The number of benzene rings is 1. The monoisotopic (exact) mass is 230 g/mol. The van der Waals surface area contributed by atoms with E-state index in [1.54, 1.807) is 23.9 Å². The third-order valence-electron chi connectivity index (χ3n) is 1.76. The summed E-state index contributed by atoms with van der Waals surface area (Å²) in [5.41, 5.74) is 0. The van der Waals surface area contributed by atoms with Crippen molar-refractivity contribution < 1.29 is 14.2 Å². The molecule has 0 spiro atoms. The SMILES string of the molecule is OCCCSCCOc1ccc(F)cc1. The molecule has 0 aliphatic heterocycles. The van der Waals surface area contributed by atoms with E-state index in [9.17, 15) is 4.39 Å². The van der Waals surface area contributed by atoms with Gasteiger partial charge in [0.15, 0.2) is 0 Å². The molecule has 0 amide bonds. The van der Waals surface area contributed by atoms with Crippen LogP contribution in [-0.4, -0.2) is 29.8 Å². The summed E-state index contributed by atoms with van der Waals surface area (Å²) in [7, 11) is 0. The van der Waals surface area contributed by atoms with Crippen molar-refractivity contribution in [3.8, 4) is 5.75 Å². The number of aliphatic hydroxyl groups is 1. The van der Waals surface area contributed by atoms with Crippen LogP contribution in [0.2, 0.25) is 0 Å². The summed E-state index contributed by atoms with van der Waals surface area (Å²) in [6.07, 6.45) is 0.821. The minimum Gasteiger partial charge on any atom is -0.493 e. The van der Waals surface area contributed by atoms with Crippen LogP contribution in [0.3, 0.4) is 0 Å². The summed E-state index contributed by atoms with van der Waals surface area (Å²) in [6.45, 7) is 0.855. The van der Waals surface area contributed by atoms with Crippen LogP contribution < -0.4 is 4.74 Å². The Balaban J connectivity index is 2.07. The first-order valence-electron chi connectivity index (χ1n) is 4.90. The van der Waals surface area contributed by atoms with Crippen molar-refractivity contribution in [2.45, 2.75) is 6.42 Å². The van der Waals surface area contributed by atoms with Crippen LogP contribution in [-0.2, 0) is 0 Å². The van der Waals surface area contributed by atoms with Crippen molar-refractivity contribution in [1.29, 1.82) is 0 Å². The molecule has 0 atom stereocenters. The van der Waals surface area contributed by atoms with Crippen molar-refractivity contribution in [2.75, 3.05) is 24.7 Å². The molecule has 0 bridgehead atoms. The third kappa shape index (κ3) is 5.64. The predicted octanol–water partition coefficient (Wildman–Crippen LogP) is 2.32. The molecule has 0 saturated heterocycles. The lowest BCUT2D eigenvalue weighted by Gasteiger charge is -2.05. The van der Waals surface area contributed by atoms with E-state index >= 15 is 0 Å². The molecule has 0 saturated carbocycles. The minimum absolute atomic E-state index is 0.242. The zero-order valence-electron chi connectivity index (χ0n) is 8.49. The van der Waals surface area contributed by atoms with Gasteiger partial charge in [-0.25, -0.2) is 4.39 Å². The lowest BCUT2D eigenvalue weighted by atomic mass is 10.3. The van der Waals surface area contributed by atoms with E-state index in [0.717, 1.165) is 17.9 Å². The van der Waals surface area contributed by atoms with Crippen molar-refractivity contribution in [2.24, 2.45) is 0 Å². The molecule has 0 heterocycles. The largest absolute Gasteiger partial charge is 0.493 e. The average Bonchev–Trinajstić information content (AvgIpc) is 2.26. The Morgan fingerprint density at radius 1 is 1.20 bits per heavy atom. The first-order valence-corrected chi connectivity index (χ1v) is 6.05. The number of thioether (sulfide) groups is 1. The lowest BCUT2D eigenvalue weighted by Crippen LogP contribution is -2.01. The lowest BCUT2D eigenvalue weighted by molar-refractivity contribution is 0.296. The Bertz CT molecular complexity index is 264. The van der Waals surface area contributed by atoms with E-state index in [1.165, 1.54) is 12.1 Å². The summed E-state index contributed by atoms with van der Waals surface area (Å²) >= 11 is 1.74. The molecule has 2 nitrogen and oxygen atoms in total. The quantitative estimate of drug-likeness (QED) is 0.729. The number of hydrogen-bond acceptors (Lipinski definition) is 3. The van der Waals surface area contributed by atoms with Gasteiger partial charge in [0.1, 0.15) is 11.6 Å². The van der Waals surface area contributed by atoms with Gasteiger partial charge < -0.3 is 9.84 Å². The number of rotatable bonds is 7. The molecule has 0 aliphatic rings. The number of halogens is 1. The van der Waals surface area contributed by atoms with Crippen LogP contribution in [0, 0.1) is 5.82 Å². The van der Waals surface area contributed by atoms with Crippen molar-refractivity contribution in [3.05, 3.63) is 30.1 Å². The summed E-state index contributed by atoms with van der Waals surface area (Å²) in [5, 5.41) is 8.55. The van der Waals surface area contributed by atoms with Crippen LogP contribution >= 0.6 is 11.8 Å². The second-order valence-corrected chi connectivity index (χ2v) is 4.22. The zero-order chi connectivity index (χ0) is 10.9. The molecule has 0 unspecified atom stereocenters. The van der Waals surface area contributed by atoms with Gasteiger partial charge >= 0.3 is 0 Å². The Labute approximate surface area is 93.5 Å². The summed E-state index contributed by atoms with van der Waals surface area (Å²) < 4.78 is 17.9. The molecule has 0 aliphatic carbocycles. The van der Waals surface area contributed by atoms with Gasteiger partial charge in [0.05, 0.1) is 6.61 Å². The van der Waals surface area contributed by atoms with Crippen molar-refractivity contribution in [1.82, 2.24) is 0 Å². The highest BCUT2D eigenvalue weighted by Crippen LogP contribution is 2.11. The molecule has 1 aromatic carbocycles. The van der Waals surface area contributed by atoms with E-state index in [-0.39, 0.29) is 12.4 Å². The highest BCUT2D eigenvalue weighted by Gasteiger charge is 1.94. The van der Waals surface area contributed by atoms with Gasteiger partial charge in [-0.05, 0) is 36.4 Å². The molecule has 0 aromatic heterocycles. The number of ether oxygens (including phenoxy) is 1. The molecule has 84 valence electrons. The minimum atomic E-state index is -0.250. The standard InChI is InChI=1S/C11H15FO2S/c12-10-2-4-11(5-3-10)14-7-9-15-8-1-6-13/h2-5,13H,1,6-9H2. The summed E-state index contributed by atoms with van der Waals surface area (Å²) in [5.74, 6) is 2.28. The molecular weight excluding hydrogens is 215 g/mol. The van der Waals surface area contributed by atoms with Gasteiger partial charge in [0, 0.05) is 12.4 Å². The maximum absolute atomic E-state index is 12.5. The topological polar surface area (TPSA) is 29.5 Å². The first kappa shape index (κ1) is 12.3. The Morgan fingerprint density at radius 2 is 1.93 bits per heavy atom. The number of hydrogen-bond donors (Lipinski definition) is 1. The smallest absolute Gasteiger partial charge is 0.123 e. The fourth-order valence-corrected chi connectivity index (χ4v) is 1.76. The molecule has 0 fully saturated rings. The molecule has 1 rings (SSSR count). The Morgan fingerprint density at radius 3 is 2.60 bits per heavy atom. The van der Waals surface area contributed by atoms with E-state index in [1.807, 2.05) is 0 Å². The molecule has 1 N–H and O–H groups in total. The summed E-state index contributed by atoms with van der Waals surface area (Å²) in [4.78, 5) is 0. The normalized spacial score (nSPS) is 10.3. The van der Waals surface area contributed by atoms with Gasteiger partial charge in [-0.15, -0.1) is 0 Å². The van der Waals surface area contributed by atoms with Crippen molar-refractivity contribution in [3.63, 3.8) is 0 Å². The van der Waals surface area contributed by atoms with Crippen LogP contribution in [0.25, 0.3) is 0 Å². The molecule has 0 radical (unpaired) electrons. The maximum atomic E-state index is 12.5. The van der Waals surface area contributed by atoms with Gasteiger partial charge in [-0.1, -0.05) is 0 Å². The Kier molecular flexibility index (Phi) is 6.20. The van der Waals surface area contributed by atoms with E-state index in [2.05, 4.69) is 0 Å². The van der Waals surface area contributed by atoms with E-state index < -0.39 is 0 Å². The predicted molar refractivity (Wildman–Crippen MR) is 60.9 cm³/mol. The van der Waals surface area contributed by atoms with Crippen LogP contribution in [0.1, 0.15) is 6.42 Å². The highest BCUT2D eigenvalue weighted by molar-refractivity contribution is 7.99. The van der Waals surface area contributed by atoms with Gasteiger partial charge in [0.2, 0.25) is 0 Å². The maximum Gasteiger partial charge on any atom is 0.123 e. The van der Waals surface area contributed by atoms with Crippen LogP contribution in [0.15, 0.2) is 24.3 Å². The second kappa shape index (κ2) is 7.54. The highest BCUT2D eigenvalue weighted by atomic mass is 32.2.